The molecule has 0 unspecified atom stereocenters. The number of anilines is 1. The molecule has 1 fully saturated rings. The molecule has 0 radical (unpaired) electrons. The lowest BCUT2D eigenvalue weighted by atomic mass is 10.1. The van der Waals surface area contributed by atoms with Crippen molar-refractivity contribution in [3.8, 4) is 5.88 Å². The number of ether oxygens (including phenoxy) is 4. The Morgan fingerprint density at radius 3 is 2.28 bits per heavy atom. The highest BCUT2D eigenvalue weighted by molar-refractivity contribution is 5.90. The van der Waals surface area contributed by atoms with E-state index in [0.29, 0.717) is 28.9 Å². The third-order valence-corrected chi connectivity index (χ3v) is 6.39. The Balaban J connectivity index is 1.38. The van der Waals surface area contributed by atoms with Gasteiger partial charge in [-0.1, -0.05) is 35.4 Å². The molecular weight excluding hydrogens is 502 g/mol. The molecule has 1 aliphatic rings. The molecule has 39 heavy (non-hydrogen) atoms. The van der Waals surface area contributed by atoms with E-state index in [4.69, 9.17) is 24.7 Å². The van der Waals surface area contributed by atoms with Gasteiger partial charge in [-0.2, -0.15) is 9.97 Å². The normalized spacial score (nSPS) is 18.7. The van der Waals surface area contributed by atoms with Gasteiger partial charge < -0.3 is 24.7 Å². The lowest BCUT2D eigenvalue weighted by molar-refractivity contribution is -0.0563. The predicted molar refractivity (Wildman–Crippen MR) is 141 cm³/mol. The van der Waals surface area contributed by atoms with E-state index < -0.39 is 30.4 Å². The van der Waals surface area contributed by atoms with Crippen LogP contribution < -0.4 is 10.5 Å². The molecule has 2 aromatic heterocycles. The first-order chi connectivity index (χ1) is 18.8. The number of aromatic nitrogens is 4. The van der Waals surface area contributed by atoms with Crippen LogP contribution in [0.1, 0.15) is 51.4 Å². The molecule has 0 saturated carbocycles. The van der Waals surface area contributed by atoms with Gasteiger partial charge in [0.1, 0.15) is 25.0 Å². The molecule has 11 nitrogen and oxygen atoms in total. The maximum Gasteiger partial charge on any atom is 0.338 e. The first-order valence-electron chi connectivity index (χ1n) is 12.6. The molecule has 2 N–H and O–H groups in total. The van der Waals surface area contributed by atoms with Crippen LogP contribution in [0.15, 0.2) is 54.9 Å². The van der Waals surface area contributed by atoms with Crippen molar-refractivity contribution in [2.75, 3.05) is 18.9 Å². The Bertz CT molecular complexity index is 1490. The van der Waals surface area contributed by atoms with Crippen LogP contribution >= 0.6 is 0 Å². The summed E-state index contributed by atoms with van der Waals surface area (Å²) in [5.41, 5.74) is 9.63. The Morgan fingerprint density at radius 2 is 1.64 bits per heavy atom. The van der Waals surface area contributed by atoms with E-state index in [0.717, 1.165) is 11.1 Å². The van der Waals surface area contributed by atoms with Crippen LogP contribution in [0, 0.1) is 13.8 Å². The van der Waals surface area contributed by atoms with Crippen molar-refractivity contribution < 1.29 is 28.5 Å². The van der Waals surface area contributed by atoms with E-state index in [1.54, 1.807) is 35.2 Å². The zero-order valence-corrected chi connectivity index (χ0v) is 21.9. The van der Waals surface area contributed by atoms with Gasteiger partial charge in [0.25, 0.3) is 0 Å². The van der Waals surface area contributed by atoms with Crippen molar-refractivity contribution in [2.45, 2.75) is 45.6 Å². The third-order valence-electron chi connectivity index (χ3n) is 6.39. The Kier molecular flexibility index (Phi) is 7.42. The molecule has 3 atom stereocenters. The van der Waals surface area contributed by atoms with Crippen LogP contribution in [0.3, 0.4) is 0 Å². The second kappa shape index (κ2) is 11.1. The molecule has 0 aliphatic carbocycles. The summed E-state index contributed by atoms with van der Waals surface area (Å²) in [6.45, 7) is 5.96. The van der Waals surface area contributed by atoms with E-state index in [-0.39, 0.29) is 24.9 Å². The first-order valence-corrected chi connectivity index (χ1v) is 12.6. The highest BCUT2D eigenvalue weighted by atomic mass is 16.6. The number of benzene rings is 2. The minimum atomic E-state index is -0.734. The van der Waals surface area contributed by atoms with Gasteiger partial charge in [-0.25, -0.2) is 14.6 Å². The average molecular weight is 532 g/mol. The topological polar surface area (TPSA) is 141 Å². The van der Waals surface area contributed by atoms with Crippen molar-refractivity contribution >= 4 is 29.1 Å². The number of hydrogen-bond donors (Lipinski definition) is 1. The molecule has 11 heteroatoms. The summed E-state index contributed by atoms with van der Waals surface area (Å²) < 4.78 is 24.9. The van der Waals surface area contributed by atoms with E-state index in [1.807, 2.05) is 45.0 Å². The van der Waals surface area contributed by atoms with Crippen molar-refractivity contribution in [1.82, 2.24) is 19.5 Å². The number of rotatable bonds is 8. The largest absolute Gasteiger partial charge is 0.476 e. The van der Waals surface area contributed by atoms with Gasteiger partial charge >= 0.3 is 11.9 Å². The van der Waals surface area contributed by atoms with Crippen LogP contribution in [0.5, 0.6) is 5.88 Å². The van der Waals surface area contributed by atoms with Crippen LogP contribution in [0.2, 0.25) is 0 Å². The summed E-state index contributed by atoms with van der Waals surface area (Å²) in [6.07, 6.45) is -0.257. The summed E-state index contributed by atoms with van der Waals surface area (Å²) in [5, 5.41) is 0. The predicted octanol–water partition coefficient (Wildman–Crippen LogP) is 3.79. The second-order valence-electron chi connectivity index (χ2n) is 9.28. The van der Waals surface area contributed by atoms with Gasteiger partial charge in [-0.3, -0.25) is 4.57 Å². The standard InChI is InChI=1S/C28H29N5O6/c1-4-36-25-23-24(31-28(29)32-25)33(15-30-23)22-13-20(39-27(35)19-11-7-17(3)8-12-19)21(38-22)14-37-26(34)18-9-5-16(2)6-10-18/h5-12,15,20-22H,4,13-14H2,1-3H3,(H2,29,31,32)/t20-,21+,22+/m0/s1. The quantitative estimate of drug-likeness (QED) is 0.334. The highest BCUT2D eigenvalue weighted by Crippen LogP contribution is 2.35. The minimum Gasteiger partial charge on any atom is -0.476 e. The number of imidazole rings is 1. The molecule has 3 heterocycles. The number of aryl methyl sites for hydroxylation is 2. The molecule has 1 aliphatic heterocycles. The van der Waals surface area contributed by atoms with E-state index >= 15 is 0 Å². The van der Waals surface area contributed by atoms with E-state index in [2.05, 4.69) is 15.0 Å². The summed E-state index contributed by atoms with van der Waals surface area (Å²) in [4.78, 5) is 38.5. The van der Waals surface area contributed by atoms with Gasteiger partial charge in [-0.05, 0) is 45.0 Å². The minimum absolute atomic E-state index is 0.0247. The summed E-state index contributed by atoms with van der Waals surface area (Å²) in [5.74, 6) is -0.709. The lowest BCUT2D eigenvalue weighted by Gasteiger charge is -2.19. The van der Waals surface area contributed by atoms with Crippen LogP contribution in [0.25, 0.3) is 11.2 Å². The van der Waals surface area contributed by atoms with Gasteiger partial charge in [0.2, 0.25) is 11.8 Å². The first kappa shape index (κ1) is 26.1. The zero-order valence-electron chi connectivity index (χ0n) is 21.9. The summed E-state index contributed by atoms with van der Waals surface area (Å²) >= 11 is 0. The maximum atomic E-state index is 13.0. The highest BCUT2D eigenvalue weighted by Gasteiger charge is 2.41. The molecule has 0 spiro atoms. The Labute approximate surface area is 224 Å². The fourth-order valence-electron chi connectivity index (χ4n) is 4.33. The molecule has 0 bridgehead atoms. The number of carbonyl (C=O) groups is 2. The van der Waals surface area contributed by atoms with Crippen LogP contribution in [-0.2, 0) is 14.2 Å². The number of nitrogens with zero attached hydrogens (tertiary/aromatic N) is 4. The second-order valence-corrected chi connectivity index (χ2v) is 9.28. The molecule has 5 rings (SSSR count). The molecular formula is C28H29N5O6. The molecule has 202 valence electrons. The lowest BCUT2D eigenvalue weighted by Crippen LogP contribution is -2.32. The van der Waals surface area contributed by atoms with E-state index in [9.17, 15) is 9.59 Å². The monoisotopic (exact) mass is 531 g/mol. The number of fused-ring (bicyclic) bond motifs is 1. The number of nitrogen functional groups attached to an aromatic ring is 1. The van der Waals surface area contributed by atoms with Gasteiger partial charge in [0, 0.05) is 6.42 Å². The molecule has 0 amide bonds. The number of esters is 2. The van der Waals surface area contributed by atoms with Gasteiger partial charge in [0.15, 0.2) is 11.2 Å². The van der Waals surface area contributed by atoms with Crippen molar-refractivity contribution in [1.29, 1.82) is 0 Å². The number of nitrogens with two attached hydrogens (primary N) is 1. The Hall–Kier alpha value is -4.51. The zero-order chi connectivity index (χ0) is 27.5. The summed E-state index contributed by atoms with van der Waals surface area (Å²) in [7, 11) is 0. The SMILES string of the molecule is CCOc1nc(N)nc2c1ncn2[C@H]1C[C@H](OC(=O)c2ccc(C)cc2)[C@@H](COC(=O)c2ccc(C)cc2)O1. The average Bonchev–Trinajstić information content (AvgIpc) is 3.52. The van der Waals surface area contributed by atoms with Crippen molar-refractivity contribution in [3.63, 3.8) is 0 Å². The molecule has 4 aromatic rings. The van der Waals surface area contributed by atoms with Crippen molar-refractivity contribution in [2.24, 2.45) is 0 Å². The fourth-order valence-corrected chi connectivity index (χ4v) is 4.33. The molecule has 2 aromatic carbocycles. The van der Waals surface area contributed by atoms with Crippen molar-refractivity contribution in [3.05, 3.63) is 77.1 Å². The molecule has 1 saturated heterocycles. The van der Waals surface area contributed by atoms with Gasteiger partial charge in [-0.15, -0.1) is 0 Å². The maximum absolute atomic E-state index is 13.0. The van der Waals surface area contributed by atoms with E-state index in [1.165, 1.54) is 0 Å². The number of carbonyl (C=O) groups excluding carboxylic acids is 2. The van der Waals surface area contributed by atoms with Crippen LogP contribution in [0.4, 0.5) is 5.95 Å². The third kappa shape index (κ3) is 5.68. The smallest absolute Gasteiger partial charge is 0.338 e. The van der Waals surface area contributed by atoms with Crippen LogP contribution in [-0.4, -0.2) is 56.9 Å². The number of hydrogen-bond acceptors (Lipinski definition) is 10. The Morgan fingerprint density at radius 1 is 1.00 bits per heavy atom. The fraction of sp³-hybridized carbons (Fsp3) is 0.321. The summed E-state index contributed by atoms with van der Waals surface area (Å²) in [6, 6.07) is 14.1. The van der Waals surface area contributed by atoms with Gasteiger partial charge in [0.05, 0.1) is 24.1 Å².